The van der Waals surface area contributed by atoms with Crippen LogP contribution in [0.2, 0.25) is 0 Å². The van der Waals surface area contributed by atoms with Crippen molar-refractivity contribution in [2.24, 2.45) is 17.8 Å². The Kier molecular flexibility index (Phi) is 9.49. The molecule has 1 amide bonds. The summed E-state index contributed by atoms with van der Waals surface area (Å²) in [7, 11) is 0. The van der Waals surface area contributed by atoms with E-state index in [1.54, 1.807) is 27.7 Å². The van der Waals surface area contributed by atoms with E-state index in [1.165, 1.54) is 0 Å². The van der Waals surface area contributed by atoms with Crippen LogP contribution >= 0.6 is 0 Å². The molecule has 0 aromatic rings. The van der Waals surface area contributed by atoms with Crippen molar-refractivity contribution in [3.05, 3.63) is 22.5 Å². The molecule has 3 unspecified atom stereocenters. The van der Waals surface area contributed by atoms with Crippen molar-refractivity contribution in [3.63, 3.8) is 0 Å². The number of carbonyl (C=O) groups is 4. The molecule has 0 aromatic carbocycles. The van der Waals surface area contributed by atoms with Crippen LogP contribution in [0, 0.1) is 17.8 Å². The molecule has 9 heteroatoms. The predicted molar refractivity (Wildman–Crippen MR) is 120 cm³/mol. The Bertz CT molecular complexity index is 806. The van der Waals surface area contributed by atoms with Gasteiger partial charge in [0.1, 0.15) is 5.92 Å². The third-order valence-corrected chi connectivity index (χ3v) is 6.39. The molecule has 0 radical (unpaired) electrons. The van der Waals surface area contributed by atoms with Gasteiger partial charge in [-0.15, -0.1) is 0 Å². The Morgan fingerprint density at radius 1 is 0.909 bits per heavy atom. The number of ether oxygens (including phenoxy) is 3. The van der Waals surface area contributed by atoms with E-state index in [1.807, 2.05) is 0 Å². The molecule has 2 N–H and O–H groups in total. The Balaban J connectivity index is 2.20. The highest BCUT2D eigenvalue weighted by Crippen LogP contribution is 2.33. The molecule has 0 spiro atoms. The smallest absolute Gasteiger partial charge is 0.337 e. The van der Waals surface area contributed by atoms with Gasteiger partial charge in [0.15, 0.2) is 6.61 Å². The fourth-order valence-electron chi connectivity index (χ4n) is 4.44. The standard InChI is InChI=1S/C24H36N2O7/c1-7-31-22(28)19-15(5)25-16(6)20(23(29)32-8-2)21(19)24(30)33-12-18(27)26-17-11-9-10-13(3)14(17)4/h13-14,17,21,25H,7-12H2,1-6H3,(H,26,27). The molecule has 0 aromatic heterocycles. The van der Waals surface area contributed by atoms with Crippen LogP contribution in [0.1, 0.15) is 60.8 Å². The highest BCUT2D eigenvalue weighted by Gasteiger charge is 2.42. The van der Waals surface area contributed by atoms with Gasteiger partial charge >= 0.3 is 17.9 Å². The van der Waals surface area contributed by atoms with Gasteiger partial charge in [0.25, 0.3) is 5.91 Å². The van der Waals surface area contributed by atoms with Gasteiger partial charge in [-0.2, -0.15) is 0 Å². The van der Waals surface area contributed by atoms with Crippen LogP contribution in [0.3, 0.4) is 0 Å². The normalized spacial score (nSPS) is 23.5. The number of dihydropyridines is 1. The minimum absolute atomic E-state index is 0.0216. The van der Waals surface area contributed by atoms with E-state index in [4.69, 9.17) is 14.2 Å². The SMILES string of the molecule is CCOC(=O)C1=C(C)NC(C)=C(C(=O)OCC)C1C(=O)OCC(=O)NC1CCCC(C)C1C. The maximum absolute atomic E-state index is 13.1. The maximum Gasteiger partial charge on any atom is 0.337 e. The summed E-state index contributed by atoms with van der Waals surface area (Å²) in [4.78, 5) is 50.9. The molecule has 1 aliphatic heterocycles. The Hall–Kier alpha value is -2.84. The Labute approximate surface area is 195 Å². The molecule has 1 heterocycles. The first-order valence-corrected chi connectivity index (χ1v) is 11.6. The van der Waals surface area contributed by atoms with Gasteiger partial charge in [-0.1, -0.05) is 26.7 Å². The highest BCUT2D eigenvalue weighted by molar-refractivity contribution is 6.05. The molecule has 1 aliphatic carbocycles. The van der Waals surface area contributed by atoms with Gasteiger partial charge in [0.2, 0.25) is 0 Å². The second-order valence-electron chi connectivity index (χ2n) is 8.63. The molecule has 1 saturated carbocycles. The van der Waals surface area contributed by atoms with Crippen LogP contribution < -0.4 is 10.6 Å². The van der Waals surface area contributed by atoms with Crippen molar-refractivity contribution < 1.29 is 33.4 Å². The number of nitrogens with one attached hydrogen (secondary N) is 2. The van der Waals surface area contributed by atoms with E-state index >= 15 is 0 Å². The number of amides is 1. The lowest BCUT2D eigenvalue weighted by Gasteiger charge is -2.34. The predicted octanol–water partition coefficient (Wildman–Crippen LogP) is 2.36. The zero-order valence-electron chi connectivity index (χ0n) is 20.4. The van der Waals surface area contributed by atoms with Crippen molar-refractivity contribution in [2.45, 2.75) is 66.8 Å². The van der Waals surface area contributed by atoms with Crippen LogP contribution in [0.15, 0.2) is 22.5 Å². The fraction of sp³-hybridized carbons (Fsp3) is 0.667. The van der Waals surface area contributed by atoms with Gasteiger partial charge in [-0.25, -0.2) is 9.59 Å². The van der Waals surface area contributed by atoms with E-state index < -0.39 is 36.3 Å². The monoisotopic (exact) mass is 464 g/mol. The summed E-state index contributed by atoms with van der Waals surface area (Å²) in [6.07, 6.45) is 3.04. The van der Waals surface area contributed by atoms with Crippen molar-refractivity contribution >= 4 is 23.8 Å². The highest BCUT2D eigenvalue weighted by atomic mass is 16.5. The van der Waals surface area contributed by atoms with Crippen LogP contribution in [-0.2, 0) is 33.4 Å². The molecular weight excluding hydrogens is 428 g/mol. The summed E-state index contributed by atoms with van der Waals surface area (Å²) in [5.41, 5.74) is 0.669. The number of rotatable bonds is 8. The average Bonchev–Trinajstić information content (AvgIpc) is 2.75. The molecular formula is C24H36N2O7. The number of allylic oxidation sites excluding steroid dienone is 2. The van der Waals surface area contributed by atoms with E-state index in [-0.39, 0.29) is 30.4 Å². The quantitative estimate of drug-likeness (QED) is 0.415. The summed E-state index contributed by atoms with van der Waals surface area (Å²) in [5, 5.41) is 5.89. The molecule has 0 saturated heterocycles. The molecule has 3 atom stereocenters. The zero-order valence-corrected chi connectivity index (χ0v) is 20.4. The molecule has 2 rings (SSSR count). The van der Waals surface area contributed by atoms with Gasteiger partial charge in [0, 0.05) is 17.4 Å². The topological polar surface area (TPSA) is 120 Å². The molecule has 1 fully saturated rings. The second kappa shape index (κ2) is 11.9. The van der Waals surface area contributed by atoms with E-state index in [9.17, 15) is 19.2 Å². The molecule has 0 bridgehead atoms. The van der Waals surface area contributed by atoms with Gasteiger partial charge < -0.3 is 24.8 Å². The first-order valence-electron chi connectivity index (χ1n) is 11.6. The van der Waals surface area contributed by atoms with Gasteiger partial charge in [-0.05, 0) is 46.0 Å². The lowest BCUT2D eigenvalue weighted by molar-refractivity contribution is -0.154. The van der Waals surface area contributed by atoms with E-state index in [2.05, 4.69) is 24.5 Å². The summed E-state index contributed by atoms with van der Waals surface area (Å²) in [5.74, 6) is -3.32. The lowest BCUT2D eigenvalue weighted by atomic mass is 9.78. The molecule has 9 nitrogen and oxygen atoms in total. The first kappa shape index (κ1) is 26.4. The largest absolute Gasteiger partial charge is 0.463 e. The minimum atomic E-state index is -1.36. The lowest BCUT2D eigenvalue weighted by Crippen LogP contribution is -2.45. The number of hydrogen-bond donors (Lipinski definition) is 2. The zero-order chi connectivity index (χ0) is 24.7. The van der Waals surface area contributed by atoms with Crippen LogP contribution in [0.4, 0.5) is 0 Å². The molecule has 2 aliphatic rings. The fourth-order valence-corrected chi connectivity index (χ4v) is 4.44. The minimum Gasteiger partial charge on any atom is -0.463 e. The van der Waals surface area contributed by atoms with Gasteiger partial charge in [-0.3, -0.25) is 9.59 Å². The van der Waals surface area contributed by atoms with Crippen LogP contribution in [-0.4, -0.2) is 49.7 Å². The third kappa shape index (κ3) is 6.36. The number of carbonyl (C=O) groups excluding carboxylic acids is 4. The van der Waals surface area contributed by atoms with Crippen LogP contribution in [0.5, 0.6) is 0 Å². The Morgan fingerprint density at radius 2 is 1.45 bits per heavy atom. The number of esters is 3. The average molecular weight is 465 g/mol. The van der Waals surface area contributed by atoms with Crippen molar-refractivity contribution in [1.29, 1.82) is 0 Å². The first-order chi connectivity index (χ1) is 15.6. The van der Waals surface area contributed by atoms with E-state index in [0.717, 1.165) is 19.3 Å². The summed E-state index contributed by atoms with van der Waals surface area (Å²) in [6, 6.07) is 0.0216. The summed E-state index contributed by atoms with van der Waals surface area (Å²) >= 11 is 0. The molecule has 184 valence electrons. The van der Waals surface area contributed by atoms with E-state index in [0.29, 0.717) is 23.2 Å². The van der Waals surface area contributed by atoms with Crippen molar-refractivity contribution in [1.82, 2.24) is 10.6 Å². The Morgan fingerprint density at radius 3 is 1.97 bits per heavy atom. The third-order valence-electron chi connectivity index (χ3n) is 6.39. The molecule has 33 heavy (non-hydrogen) atoms. The summed E-state index contributed by atoms with van der Waals surface area (Å²) < 4.78 is 15.5. The summed E-state index contributed by atoms with van der Waals surface area (Å²) in [6.45, 7) is 10.4. The second-order valence-corrected chi connectivity index (χ2v) is 8.63. The maximum atomic E-state index is 13.1. The van der Waals surface area contributed by atoms with Crippen molar-refractivity contribution in [3.8, 4) is 0 Å². The van der Waals surface area contributed by atoms with Gasteiger partial charge in [0.05, 0.1) is 24.4 Å². The van der Waals surface area contributed by atoms with Crippen molar-refractivity contribution in [2.75, 3.05) is 19.8 Å². The number of hydrogen-bond acceptors (Lipinski definition) is 8. The van der Waals surface area contributed by atoms with Crippen LogP contribution in [0.25, 0.3) is 0 Å².